The molecule has 2 aromatic carbocycles. The summed E-state index contributed by atoms with van der Waals surface area (Å²) in [7, 11) is 0. The van der Waals surface area contributed by atoms with Crippen molar-refractivity contribution in [2.24, 2.45) is 0 Å². The van der Waals surface area contributed by atoms with Crippen molar-refractivity contribution in [3.05, 3.63) is 65.5 Å². The average Bonchev–Trinajstić information content (AvgIpc) is 3.19. The maximum absolute atomic E-state index is 13.1. The molecule has 0 aliphatic rings. The van der Waals surface area contributed by atoms with Gasteiger partial charge in [-0.2, -0.15) is 4.98 Å². The first-order chi connectivity index (χ1) is 14.0. The summed E-state index contributed by atoms with van der Waals surface area (Å²) in [4.78, 5) is 19.3. The van der Waals surface area contributed by atoms with Crippen LogP contribution in [0.3, 0.4) is 0 Å². The fourth-order valence-corrected chi connectivity index (χ4v) is 2.98. The lowest BCUT2D eigenvalue weighted by molar-refractivity contribution is -0.141. The minimum absolute atomic E-state index is 0.0539. The predicted octanol–water partition coefficient (Wildman–Crippen LogP) is 4.98. The van der Waals surface area contributed by atoms with Crippen molar-refractivity contribution in [3.63, 3.8) is 0 Å². The van der Waals surface area contributed by atoms with Crippen molar-refractivity contribution < 1.29 is 14.1 Å². The molecule has 0 saturated heterocycles. The molecule has 3 rings (SSSR count). The first-order valence-electron chi connectivity index (χ1n) is 9.58. The van der Waals surface area contributed by atoms with E-state index in [1.807, 2.05) is 63.2 Å². The van der Waals surface area contributed by atoms with Gasteiger partial charge in [-0.05, 0) is 56.7 Å². The summed E-state index contributed by atoms with van der Waals surface area (Å²) in [6.45, 7) is 6.04. The second kappa shape index (κ2) is 9.56. The summed E-state index contributed by atoms with van der Waals surface area (Å²) in [5.41, 5.74) is 0.797. The number of halogens is 1. The van der Waals surface area contributed by atoms with Gasteiger partial charge in [-0.15, -0.1) is 0 Å². The maximum Gasteiger partial charge on any atom is 0.264 e. The number of hydrogen-bond donors (Lipinski definition) is 0. The molecule has 1 amide bonds. The van der Waals surface area contributed by atoms with Crippen molar-refractivity contribution in [2.75, 3.05) is 0 Å². The number of benzene rings is 2. The molecule has 1 aromatic heterocycles. The third kappa shape index (κ3) is 5.35. The predicted molar refractivity (Wildman–Crippen MR) is 112 cm³/mol. The second-order valence-corrected chi connectivity index (χ2v) is 7.34. The lowest BCUT2D eigenvalue weighted by atomic mass is 10.2. The number of carbonyl (C=O) groups is 1. The Morgan fingerprint density at radius 1 is 1.14 bits per heavy atom. The third-order valence-corrected chi connectivity index (χ3v) is 4.70. The molecule has 0 fully saturated rings. The Morgan fingerprint density at radius 3 is 2.45 bits per heavy atom. The van der Waals surface area contributed by atoms with E-state index in [0.717, 1.165) is 5.56 Å². The number of rotatable bonds is 8. The van der Waals surface area contributed by atoms with Crippen LogP contribution in [-0.4, -0.2) is 33.1 Å². The molecule has 1 atom stereocenters. The average molecular weight is 414 g/mol. The minimum atomic E-state index is -0.585. The normalized spacial score (nSPS) is 12.0. The molecule has 0 saturated carbocycles. The number of nitrogens with zero attached hydrogens (tertiary/aromatic N) is 3. The highest BCUT2D eigenvalue weighted by Gasteiger charge is 2.28. The Morgan fingerprint density at radius 2 is 1.83 bits per heavy atom. The molecule has 7 heteroatoms. The Bertz CT molecular complexity index is 926. The number of carbonyl (C=O) groups excluding carboxylic acids is 1. The molecule has 0 unspecified atom stereocenters. The number of hydrogen-bond acceptors (Lipinski definition) is 5. The topological polar surface area (TPSA) is 68.5 Å². The van der Waals surface area contributed by atoms with Crippen LogP contribution in [0.1, 0.15) is 33.1 Å². The largest absolute Gasteiger partial charge is 0.481 e. The van der Waals surface area contributed by atoms with Gasteiger partial charge in [0.15, 0.2) is 6.10 Å². The Labute approximate surface area is 175 Å². The fraction of sp³-hybridized carbons (Fsp3) is 0.318. The van der Waals surface area contributed by atoms with Crippen LogP contribution in [0.2, 0.25) is 5.02 Å². The summed E-state index contributed by atoms with van der Waals surface area (Å²) in [6, 6.07) is 16.5. The van der Waals surface area contributed by atoms with Gasteiger partial charge in [0.25, 0.3) is 5.91 Å². The monoisotopic (exact) mass is 413 g/mol. The zero-order chi connectivity index (χ0) is 20.8. The molecular weight excluding hydrogens is 390 g/mol. The summed E-state index contributed by atoms with van der Waals surface area (Å²) in [6.07, 6.45) is -0.0324. The van der Waals surface area contributed by atoms with Gasteiger partial charge in [0.05, 0.1) is 0 Å². The van der Waals surface area contributed by atoms with Crippen LogP contribution in [0, 0.1) is 0 Å². The van der Waals surface area contributed by atoms with Crippen molar-refractivity contribution in [2.45, 2.75) is 45.9 Å². The van der Waals surface area contributed by atoms with Crippen molar-refractivity contribution in [1.29, 1.82) is 0 Å². The van der Waals surface area contributed by atoms with Crippen LogP contribution in [0.5, 0.6) is 5.75 Å². The minimum Gasteiger partial charge on any atom is -0.481 e. The van der Waals surface area contributed by atoms with Crippen LogP contribution >= 0.6 is 11.6 Å². The van der Waals surface area contributed by atoms with E-state index in [4.69, 9.17) is 20.9 Å². The smallest absolute Gasteiger partial charge is 0.264 e. The quantitative estimate of drug-likeness (QED) is 0.520. The molecule has 3 aromatic rings. The first-order valence-corrected chi connectivity index (χ1v) is 9.96. The second-order valence-electron chi connectivity index (χ2n) is 6.91. The summed E-state index contributed by atoms with van der Waals surface area (Å²) >= 11 is 5.92. The van der Waals surface area contributed by atoms with Crippen LogP contribution < -0.4 is 4.74 Å². The van der Waals surface area contributed by atoms with Gasteiger partial charge >= 0.3 is 0 Å². The molecule has 0 aliphatic carbocycles. The molecule has 1 heterocycles. The van der Waals surface area contributed by atoms with Gasteiger partial charge in [0, 0.05) is 16.6 Å². The van der Waals surface area contributed by atoms with Gasteiger partial charge in [-0.1, -0.05) is 41.9 Å². The number of ether oxygens (including phenoxy) is 1. The van der Waals surface area contributed by atoms with Crippen LogP contribution in [-0.2, 0) is 11.3 Å². The molecule has 0 N–H and O–H groups in total. The standard InChI is InChI=1S/C22H24ClN3O3/c1-4-19(28-18-8-6-5-7-9-18)22(27)26(15(2)3)14-20-24-21(25-29-20)16-10-12-17(23)13-11-16/h5-13,15,19H,4,14H2,1-3H3/t19-/m0/s1. The van der Waals surface area contributed by atoms with E-state index in [1.165, 1.54) is 0 Å². The highest BCUT2D eigenvalue weighted by atomic mass is 35.5. The van der Waals surface area contributed by atoms with Crippen LogP contribution in [0.25, 0.3) is 11.4 Å². The lowest BCUT2D eigenvalue weighted by Crippen LogP contribution is -2.44. The highest BCUT2D eigenvalue weighted by molar-refractivity contribution is 6.30. The van der Waals surface area contributed by atoms with E-state index in [2.05, 4.69) is 10.1 Å². The van der Waals surface area contributed by atoms with Gasteiger partial charge < -0.3 is 14.2 Å². The highest BCUT2D eigenvalue weighted by Crippen LogP contribution is 2.20. The molecule has 0 radical (unpaired) electrons. The fourth-order valence-electron chi connectivity index (χ4n) is 2.85. The molecule has 29 heavy (non-hydrogen) atoms. The Balaban J connectivity index is 1.74. The van der Waals surface area contributed by atoms with Gasteiger partial charge in [-0.25, -0.2) is 0 Å². The first kappa shape index (κ1) is 20.9. The Hall–Kier alpha value is -2.86. The van der Waals surface area contributed by atoms with Crippen LogP contribution in [0.4, 0.5) is 0 Å². The summed E-state index contributed by atoms with van der Waals surface area (Å²) < 4.78 is 11.3. The van der Waals surface area contributed by atoms with Crippen molar-refractivity contribution in [1.82, 2.24) is 15.0 Å². The van der Waals surface area contributed by atoms with Crippen molar-refractivity contribution in [3.8, 4) is 17.1 Å². The third-order valence-electron chi connectivity index (χ3n) is 4.45. The lowest BCUT2D eigenvalue weighted by Gasteiger charge is -2.29. The zero-order valence-corrected chi connectivity index (χ0v) is 17.5. The molecule has 0 aliphatic heterocycles. The zero-order valence-electron chi connectivity index (χ0n) is 16.7. The van der Waals surface area contributed by atoms with E-state index in [-0.39, 0.29) is 18.5 Å². The molecule has 0 spiro atoms. The number of para-hydroxylation sites is 1. The maximum atomic E-state index is 13.1. The SMILES string of the molecule is CC[C@H](Oc1ccccc1)C(=O)N(Cc1nc(-c2ccc(Cl)cc2)no1)C(C)C. The summed E-state index contributed by atoms with van der Waals surface area (Å²) in [5.74, 6) is 1.38. The van der Waals surface area contributed by atoms with E-state index >= 15 is 0 Å². The van der Waals surface area contributed by atoms with E-state index < -0.39 is 6.10 Å². The molecule has 152 valence electrons. The number of amides is 1. The van der Waals surface area contributed by atoms with E-state index in [1.54, 1.807) is 17.0 Å². The van der Waals surface area contributed by atoms with Gasteiger partial charge in [0.1, 0.15) is 12.3 Å². The Kier molecular flexibility index (Phi) is 6.88. The van der Waals surface area contributed by atoms with E-state index in [0.29, 0.717) is 28.9 Å². The van der Waals surface area contributed by atoms with Crippen LogP contribution in [0.15, 0.2) is 59.1 Å². The molecule has 6 nitrogen and oxygen atoms in total. The van der Waals surface area contributed by atoms with Crippen molar-refractivity contribution >= 4 is 17.5 Å². The molecule has 0 bridgehead atoms. The van der Waals surface area contributed by atoms with E-state index in [9.17, 15) is 4.79 Å². The van der Waals surface area contributed by atoms with Gasteiger partial charge in [0.2, 0.25) is 11.7 Å². The van der Waals surface area contributed by atoms with Gasteiger partial charge in [-0.3, -0.25) is 4.79 Å². The summed E-state index contributed by atoms with van der Waals surface area (Å²) in [5, 5.41) is 4.66. The molecular formula is C22H24ClN3O3. The number of aromatic nitrogens is 2.